The van der Waals surface area contributed by atoms with Crippen molar-refractivity contribution in [3.8, 4) is 5.75 Å². The van der Waals surface area contributed by atoms with Crippen molar-refractivity contribution in [3.05, 3.63) is 62.1 Å². The van der Waals surface area contributed by atoms with Gasteiger partial charge in [-0.25, -0.2) is 0 Å². The summed E-state index contributed by atoms with van der Waals surface area (Å²) in [7, 11) is 0. The van der Waals surface area contributed by atoms with Crippen LogP contribution in [0.2, 0.25) is 0 Å². The first-order valence-corrected chi connectivity index (χ1v) is 7.95. The smallest absolute Gasteiger partial charge is 0.252 e. The Labute approximate surface area is 140 Å². The van der Waals surface area contributed by atoms with E-state index >= 15 is 0 Å². The first-order valence-electron chi connectivity index (χ1n) is 6.08. The lowest BCUT2D eigenvalue weighted by Gasteiger charge is -2.09. The van der Waals surface area contributed by atoms with Gasteiger partial charge in [0.15, 0.2) is 0 Å². The van der Waals surface area contributed by atoms with E-state index in [9.17, 15) is 4.79 Å². The average molecular weight is 446 g/mol. The van der Waals surface area contributed by atoms with E-state index in [0.717, 1.165) is 13.8 Å². The molecule has 0 spiro atoms. The molecule has 0 aliphatic heterocycles. The topological polar surface area (TPSA) is 38.3 Å². The number of amides is 1. The molecule has 0 bridgehead atoms. The summed E-state index contributed by atoms with van der Waals surface area (Å²) in [5, 5.41) is 2.85. The van der Waals surface area contributed by atoms with Gasteiger partial charge in [0.1, 0.15) is 12.4 Å². The molecule has 0 fully saturated rings. The molecule has 20 heavy (non-hydrogen) atoms. The zero-order chi connectivity index (χ0) is 14.4. The molecule has 1 N–H and O–H groups in total. The van der Waals surface area contributed by atoms with Crippen molar-refractivity contribution in [3.63, 3.8) is 0 Å². The van der Waals surface area contributed by atoms with Crippen molar-refractivity contribution in [2.75, 3.05) is 13.2 Å². The van der Waals surface area contributed by atoms with E-state index in [1.54, 1.807) is 0 Å². The summed E-state index contributed by atoms with van der Waals surface area (Å²) in [6, 6.07) is 15.2. The van der Waals surface area contributed by atoms with Crippen LogP contribution in [-0.2, 0) is 0 Å². The van der Waals surface area contributed by atoms with Crippen LogP contribution in [0.4, 0.5) is 0 Å². The van der Waals surface area contributed by atoms with Gasteiger partial charge in [0, 0.05) is 8.04 Å². The summed E-state index contributed by atoms with van der Waals surface area (Å²) in [5.41, 5.74) is 0.666. The SMILES string of the molecule is O=C(NCCOc1ccccc1)c1cc(Br)ccc1I. The highest BCUT2D eigenvalue weighted by Crippen LogP contribution is 2.18. The van der Waals surface area contributed by atoms with Crippen LogP contribution in [0.15, 0.2) is 53.0 Å². The van der Waals surface area contributed by atoms with Gasteiger partial charge >= 0.3 is 0 Å². The summed E-state index contributed by atoms with van der Waals surface area (Å²) in [5.74, 6) is 0.714. The number of nitrogens with one attached hydrogen (secondary N) is 1. The van der Waals surface area contributed by atoms with Crippen molar-refractivity contribution >= 4 is 44.4 Å². The van der Waals surface area contributed by atoms with Gasteiger partial charge in [0.25, 0.3) is 5.91 Å². The fraction of sp³-hybridized carbons (Fsp3) is 0.133. The number of ether oxygens (including phenoxy) is 1. The normalized spacial score (nSPS) is 10.1. The number of halogens is 2. The van der Waals surface area contributed by atoms with Gasteiger partial charge < -0.3 is 10.1 Å². The minimum atomic E-state index is -0.0904. The van der Waals surface area contributed by atoms with Gasteiger partial charge in [-0.05, 0) is 52.9 Å². The fourth-order valence-corrected chi connectivity index (χ4v) is 2.56. The number of rotatable bonds is 5. The minimum absolute atomic E-state index is 0.0904. The Hall–Kier alpha value is -1.08. The van der Waals surface area contributed by atoms with Crippen LogP contribution >= 0.6 is 38.5 Å². The average Bonchev–Trinajstić information content (AvgIpc) is 2.47. The van der Waals surface area contributed by atoms with Crippen LogP contribution in [0.1, 0.15) is 10.4 Å². The van der Waals surface area contributed by atoms with Crippen molar-refractivity contribution in [2.45, 2.75) is 0 Å². The van der Waals surface area contributed by atoms with E-state index in [0.29, 0.717) is 18.7 Å². The summed E-state index contributed by atoms with van der Waals surface area (Å²) in [4.78, 5) is 12.0. The highest BCUT2D eigenvalue weighted by atomic mass is 127. The molecule has 2 aromatic carbocycles. The van der Waals surface area contributed by atoms with Crippen LogP contribution in [-0.4, -0.2) is 19.1 Å². The van der Waals surface area contributed by atoms with Gasteiger partial charge in [-0.1, -0.05) is 34.1 Å². The highest BCUT2D eigenvalue weighted by molar-refractivity contribution is 14.1. The molecule has 0 radical (unpaired) electrons. The second-order valence-corrected chi connectivity index (χ2v) is 6.12. The number of hydrogen-bond donors (Lipinski definition) is 1. The monoisotopic (exact) mass is 445 g/mol. The molecule has 0 aliphatic rings. The molecule has 0 unspecified atom stereocenters. The first kappa shape index (κ1) is 15.3. The van der Waals surface area contributed by atoms with Crippen molar-refractivity contribution < 1.29 is 9.53 Å². The Balaban J connectivity index is 1.82. The molecule has 0 heterocycles. The lowest BCUT2D eigenvalue weighted by Crippen LogP contribution is -2.28. The molecule has 104 valence electrons. The molecule has 0 aromatic heterocycles. The highest BCUT2D eigenvalue weighted by Gasteiger charge is 2.09. The molecule has 0 atom stereocenters. The van der Waals surface area contributed by atoms with Crippen LogP contribution in [0.5, 0.6) is 5.75 Å². The lowest BCUT2D eigenvalue weighted by molar-refractivity contribution is 0.0946. The Morgan fingerprint density at radius 1 is 1.20 bits per heavy atom. The van der Waals surface area contributed by atoms with E-state index < -0.39 is 0 Å². The zero-order valence-electron chi connectivity index (χ0n) is 10.6. The van der Waals surface area contributed by atoms with Crippen LogP contribution < -0.4 is 10.1 Å². The number of hydrogen-bond acceptors (Lipinski definition) is 2. The molecule has 3 nitrogen and oxygen atoms in total. The molecule has 0 saturated carbocycles. The maximum atomic E-state index is 12.0. The van der Waals surface area contributed by atoms with Gasteiger partial charge in [-0.15, -0.1) is 0 Å². The molecule has 1 amide bonds. The summed E-state index contributed by atoms with van der Waals surface area (Å²) < 4.78 is 7.34. The quantitative estimate of drug-likeness (QED) is 0.560. The largest absolute Gasteiger partial charge is 0.492 e. The van der Waals surface area contributed by atoms with Crippen molar-refractivity contribution in [1.29, 1.82) is 0 Å². The molecule has 5 heteroatoms. The van der Waals surface area contributed by atoms with Crippen LogP contribution in [0.25, 0.3) is 0 Å². The first-order chi connectivity index (χ1) is 9.66. The van der Waals surface area contributed by atoms with Crippen molar-refractivity contribution in [1.82, 2.24) is 5.32 Å². The van der Waals surface area contributed by atoms with Crippen LogP contribution in [0.3, 0.4) is 0 Å². The Morgan fingerprint density at radius 3 is 2.70 bits per heavy atom. The summed E-state index contributed by atoms with van der Waals surface area (Å²) in [6.07, 6.45) is 0. The predicted molar refractivity (Wildman–Crippen MR) is 91.1 cm³/mol. The maximum absolute atomic E-state index is 12.0. The van der Waals surface area contributed by atoms with E-state index in [-0.39, 0.29) is 5.91 Å². The molecule has 2 aromatic rings. The van der Waals surface area contributed by atoms with E-state index in [4.69, 9.17) is 4.74 Å². The minimum Gasteiger partial charge on any atom is -0.492 e. The fourth-order valence-electron chi connectivity index (χ4n) is 1.62. The van der Waals surface area contributed by atoms with Gasteiger partial charge in [0.05, 0.1) is 12.1 Å². The zero-order valence-corrected chi connectivity index (χ0v) is 14.3. The van der Waals surface area contributed by atoms with Gasteiger partial charge in [-0.2, -0.15) is 0 Å². The Kier molecular flexibility index (Phi) is 5.85. The van der Waals surface area contributed by atoms with Crippen molar-refractivity contribution in [2.24, 2.45) is 0 Å². The number of benzene rings is 2. The third-order valence-corrected chi connectivity index (χ3v) is 4.01. The maximum Gasteiger partial charge on any atom is 0.252 e. The van der Waals surface area contributed by atoms with E-state index in [1.165, 1.54) is 0 Å². The second kappa shape index (κ2) is 7.64. The second-order valence-electron chi connectivity index (χ2n) is 4.04. The third kappa shape index (κ3) is 4.49. The Bertz CT molecular complexity index is 590. The molecule has 0 aliphatic carbocycles. The molecular weight excluding hydrogens is 433 g/mol. The van der Waals surface area contributed by atoms with Crippen LogP contribution in [0, 0.1) is 3.57 Å². The summed E-state index contributed by atoms with van der Waals surface area (Å²) >= 11 is 5.52. The number of para-hydroxylation sites is 1. The summed E-state index contributed by atoms with van der Waals surface area (Å²) in [6.45, 7) is 0.913. The molecular formula is C15H13BrINO2. The molecule has 2 rings (SSSR count). The predicted octanol–water partition coefficient (Wildman–Crippen LogP) is 3.86. The number of carbonyl (C=O) groups is 1. The van der Waals surface area contributed by atoms with E-state index in [1.807, 2.05) is 48.5 Å². The third-order valence-electron chi connectivity index (χ3n) is 2.57. The lowest BCUT2D eigenvalue weighted by atomic mass is 10.2. The molecule has 0 saturated heterocycles. The number of carbonyl (C=O) groups excluding carboxylic acids is 1. The standard InChI is InChI=1S/C15H13BrINO2/c16-11-6-7-14(17)13(10-11)15(19)18-8-9-20-12-4-2-1-3-5-12/h1-7,10H,8-9H2,(H,18,19). The van der Waals surface area contributed by atoms with Gasteiger partial charge in [0.2, 0.25) is 0 Å². The van der Waals surface area contributed by atoms with Gasteiger partial charge in [-0.3, -0.25) is 4.79 Å². The van der Waals surface area contributed by atoms with E-state index in [2.05, 4.69) is 43.8 Å². The Morgan fingerprint density at radius 2 is 1.95 bits per heavy atom.